The van der Waals surface area contributed by atoms with Crippen molar-refractivity contribution in [2.45, 2.75) is 19.4 Å². The summed E-state index contributed by atoms with van der Waals surface area (Å²) >= 11 is 0. The van der Waals surface area contributed by atoms with Crippen LogP contribution in [0, 0.1) is 10.1 Å². The molecule has 0 fully saturated rings. The molecule has 1 aromatic rings. The second-order valence-corrected chi connectivity index (χ2v) is 4.06. The largest absolute Gasteiger partial charge is 0.383 e. The Hall–Kier alpha value is -2.15. The van der Waals surface area contributed by atoms with Gasteiger partial charge in [0.1, 0.15) is 5.69 Å². The molecule has 7 heteroatoms. The van der Waals surface area contributed by atoms with E-state index in [1.54, 1.807) is 7.11 Å². The van der Waals surface area contributed by atoms with Crippen molar-refractivity contribution in [3.05, 3.63) is 33.9 Å². The Bertz CT molecular complexity index is 476. The summed E-state index contributed by atoms with van der Waals surface area (Å²) in [5.41, 5.74) is 5.39. The summed E-state index contributed by atoms with van der Waals surface area (Å²) in [5.74, 6) is -0.696. The number of rotatable bonds is 7. The first-order chi connectivity index (χ1) is 8.99. The van der Waals surface area contributed by atoms with Crippen LogP contribution >= 0.6 is 0 Å². The standard InChI is InChI=1S/C12H17N3O4/c1-3-9(7-19-2)14-10-5-4-8(12(13)16)6-11(10)15(17)18/h4-6,9,14H,3,7H2,1-2H3,(H2,13,16). The molecule has 0 aromatic heterocycles. The minimum absolute atomic E-state index is 0.0388. The van der Waals surface area contributed by atoms with Crippen LogP contribution in [0.15, 0.2) is 18.2 Å². The van der Waals surface area contributed by atoms with Crippen molar-refractivity contribution < 1.29 is 14.5 Å². The Morgan fingerprint density at radius 1 is 1.58 bits per heavy atom. The van der Waals surface area contributed by atoms with Gasteiger partial charge in [-0.1, -0.05) is 6.92 Å². The predicted octanol–water partition coefficient (Wildman–Crippen LogP) is 1.53. The zero-order valence-corrected chi connectivity index (χ0v) is 10.9. The smallest absolute Gasteiger partial charge is 0.293 e. The number of ether oxygens (including phenoxy) is 1. The van der Waals surface area contributed by atoms with E-state index in [0.29, 0.717) is 12.3 Å². The van der Waals surface area contributed by atoms with Crippen LogP contribution < -0.4 is 11.1 Å². The quantitative estimate of drug-likeness (QED) is 0.575. The van der Waals surface area contributed by atoms with Crippen LogP contribution in [0.3, 0.4) is 0 Å². The molecule has 0 saturated heterocycles. The Balaban J connectivity index is 3.06. The maximum Gasteiger partial charge on any atom is 0.293 e. The molecule has 3 N–H and O–H groups in total. The molecule has 0 aliphatic carbocycles. The Morgan fingerprint density at radius 2 is 2.26 bits per heavy atom. The Kier molecular flexibility index (Phi) is 5.25. The number of nitro benzene ring substituents is 1. The van der Waals surface area contributed by atoms with Gasteiger partial charge in [0.15, 0.2) is 0 Å². The molecule has 0 saturated carbocycles. The van der Waals surface area contributed by atoms with Crippen LogP contribution in [-0.4, -0.2) is 30.6 Å². The van der Waals surface area contributed by atoms with Gasteiger partial charge in [-0.2, -0.15) is 0 Å². The third-order valence-corrected chi connectivity index (χ3v) is 2.70. The molecule has 0 radical (unpaired) electrons. The number of anilines is 1. The van der Waals surface area contributed by atoms with Crippen molar-refractivity contribution in [1.82, 2.24) is 0 Å². The summed E-state index contributed by atoms with van der Waals surface area (Å²) in [7, 11) is 1.56. The van der Waals surface area contributed by atoms with Crippen molar-refractivity contribution in [3.8, 4) is 0 Å². The number of hydrogen-bond acceptors (Lipinski definition) is 5. The highest BCUT2D eigenvalue weighted by atomic mass is 16.6. The fourth-order valence-electron chi connectivity index (χ4n) is 1.64. The normalized spacial score (nSPS) is 11.9. The highest BCUT2D eigenvalue weighted by molar-refractivity contribution is 5.94. The van der Waals surface area contributed by atoms with E-state index in [9.17, 15) is 14.9 Å². The first-order valence-corrected chi connectivity index (χ1v) is 5.83. The third kappa shape index (κ3) is 3.92. The van der Waals surface area contributed by atoms with Gasteiger partial charge in [0.05, 0.1) is 11.5 Å². The number of carbonyl (C=O) groups is 1. The highest BCUT2D eigenvalue weighted by Gasteiger charge is 2.18. The van der Waals surface area contributed by atoms with Gasteiger partial charge in [0.2, 0.25) is 5.91 Å². The zero-order valence-electron chi connectivity index (χ0n) is 10.9. The molecule has 0 bridgehead atoms. The molecule has 1 aromatic carbocycles. The van der Waals surface area contributed by atoms with Gasteiger partial charge in [0.25, 0.3) is 5.69 Å². The molecule has 0 heterocycles. The van der Waals surface area contributed by atoms with Crippen LogP contribution in [0.4, 0.5) is 11.4 Å². The highest BCUT2D eigenvalue weighted by Crippen LogP contribution is 2.26. The molecule has 1 amide bonds. The second kappa shape index (κ2) is 6.69. The van der Waals surface area contributed by atoms with Crippen LogP contribution in [0.2, 0.25) is 0 Å². The SMILES string of the molecule is CCC(COC)Nc1ccc(C(N)=O)cc1[N+](=O)[O-]. The second-order valence-electron chi connectivity index (χ2n) is 4.06. The van der Waals surface area contributed by atoms with Gasteiger partial charge >= 0.3 is 0 Å². The number of benzene rings is 1. The van der Waals surface area contributed by atoms with Gasteiger partial charge in [-0.25, -0.2) is 0 Å². The van der Waals surface area contributed by atoms with E-state index in [-0.39, 0.29) is 17.3 Å². The van der Waals surface area contributed by atoms with Gasteiger partial charge < -0.3 is 15.8 Å². The van der Waals surface area contributed by atoms with Crippen LogP contribution in [0.25, 0.3) is 0 Å². The molecular formula is C12H17N3O4. The van der Waals surface area contributed by atoms with Gasteiger partial charge in [-0.05, 0) is 18.6 Å². The van der Waals surface area contributed by atoms with Gasteiger partial charge in [-0.3, -0.25) is 14.9 Å². The third-order valence-electron chi connectivity index (χ3n) is 2.70. The van der Waals surface area contributed by atoms with E-state index in [1.807, 2.05) is 6.92 Å². The Morgan fingerprint density at radius 3 is 2.74 bits per heavy atom. The molecule has 1 rings (SSSR count). The van der Waals surface area contributed by atoms with Crippen LogP contribution in [0.5, 0.6) is 0 Å². The number of methoxy groups -OCH3 is 1. The number of primary amides is 1. The summed E-state index contributed by atoms with van der Waals surface area (Å²) < 4.78 is 5.02. The minimum atomic E-state index is -0.696. The number of amides is 1. The first-order valence-electron chi connectivity index (χ1n) is 5.83. The van der Waals surface area contributed by atoms with Crippen molar-refractivity contribution in [3.63, 3.8) is 0 Å². The number of nitro groups is 1. The van der Waals surface area contributed by atoms with E-state index in [2.05, 4.69) is 5.32 Å². The maximum absolute atomic E-state index is 11.0. The van der Waals surface area contributed by atoms with Crippen LogP contribution in [0.1, 0.15) is 23.7 Å². The maximum atomic E-state index is 11.0. The fourth-order valence-corrected chi connectivity index (χ4v) is 1.64. The summed E-state index contributed by atoms with van der Waals surface area (Å²) in [4.78, 5) is 21.5. The lowest BCUT2D eigenvalue weighted by atomic mass is 10.1. The number of nitrogens with zero attached hydrogens (tertiary/aromatic N) is 1. The molecule has 0 aliphatic rings. The molecule has 104 valence electrons. The molecule has 0 aliphatic heterocycles. The molecular weight excluding hydrogens is 250 g/mol. The van der Waals surface area contributed by atoms with E-state index in [1.165, 1.54) is 18.2 Å². The van der Waals surface area contributed by atoms with Crippen molar-refractivity contribution in [2.75, 3.05) is 19.0 Å². The molecule has 1 atom stereocenters. The summed E-state index contributed by atoms with van der Waals surface area (Å²) in [6.45, 7) is 2.38. The molecule has 19 heavy (non-hydrogen) atoms. The fraction of sp³-hybridized carbons (Fsp3) is 0.417. The molecule has 1 unspecified atom stereocenters. The predicted molar refractivity (Wildman–Crippen MR) is 71.2 cm³/mol. The Labute approximate surface area is 110 Å². The van der Waals surface area contributed by atoms with Crippen molar-refractivity contribution in [2.24, 2.45) is 5.73 Å². The van der Waals surface area contributed by atoms with E-state index in [4.69, 9.17) is 10.5 Å². The average molecular weight is 267 g/mol. The minimum Gasteiger partial charge on any atom is -0.383 e. The summed E-state index contributed by atoms with van der Waals surface area (Å²) in [6, 6.07) is 4.07. The van der Waals surface area contributed by atoms with E-state index >= 15 is 0 Å². The average Bonchev–Trinajstić information content (AvgIpc) is 2.37. The van der Waals surface area contributed by atoms with Crippen LogP contribution in [-0.2, 0) is 4.74 Å². The lowest BCUT2D eigenvalue weighted by Crippen LogP contribution is -2.24. The monoisotopic (exact) mass is 267 g/mol. The van der Waals surface area contributed by atoms with E-state index < -0.39 is 10.8 Å². The van der Waals surface area contributed by atoms with Crippen molar-refractivity contribution in [1.29, 1.82) is 0 Å². The van der Waals surface area contributed by atoms with Gasteiger partial charge in [-0.15, -0.1) is 0 Å². The summed E-state index contributed by atoms with van der Waals surface area (Å²) in [6.07, 6.45) is 0.753. The number of hydrogen-bond donors (Lipinski definition) is 2. The molecule has 0 spiro atoms. The van der Waals surface area contributed by atoms with E-state index in [0.717, 1.165) is 6.42 Å². The number of nitrogens with one attached hydrogen (secondary N) is 1. The van der Waals surface area contributed by atoms with Gasteiger partial charge in [0, 0.05) is 24.8 Å². The number of nitrogens with two attached hydrogens (primary N) is 1. The lowest BCUT2D eigenvalue weighted by molar-refractivity contribution is -0.384. The molecule has 7 nitrogen and oxygen atoms in total. The zero-order chi connectivity index (χ0) is 14.4. The topological polar surface area (TPSA) is 107 Å². The lowest BCUT2D eigenvalue weighted by Gasteiger charge is -2.17. The summed E-state index contributed by atoms with van der Waals surface area (Å²) in [5, 5.41) is 14.0. The number of carbonyl (C=O) groups excluding carboxylic acids is 1. The van der Waals surface area contributed by atoms with Crippen molar-refractivity contribution >= 4 is 17.3 Å². The first kappa shape index (κ1) is 14.9.